The number of benzene rings is 1. The minimum atomic E-state index is -2.66. The van der Waals surface area contributed by atoms with Gasteiger partial charge in [0.1, 0.15) is 6.17 Å². The second-order valence-electron chi connectivity index (χ2n) is 9.35. The largest absolute Gasteiger partial charge is 0.404 e. The summed E-state index contributed by atoms with van der Waals surface area (Å²) in [5.41, 5.74) is 23.4. The lowest BCUT2D eigenvalue weighted by atomic mass is 9.91. The van der Waals surface area contributed by atoms with Crippen LogP contribution in [0.3, 0.4) is 0 Å². The number of nitrogens with two attached hydrogens (primary N) is 3. The third-order valence-electron chi connectivity index (χ3n) is 7.04. The SMILES string of the molecule is CN=C/C(=C\N)c1cc2c(cc1C(F)F)N(C(N)/C(CN)=C(/CCNC)NC1CCNCC1)CCC2. The van der Waals surface area contributed by atoms with E-state index in [4.69, 9.17) is 17.2 Å². The zero-order valence-electron chi connectivity index (χ0n) is 21.5. The number of piperidine rings is 1. The Bertz CT molecular complexity index is 954. The quantitative estimate of drug-likeness (QED) is 0.254. The molecule has 0 saturated carbocycles. The number of alkyl halides is 2. The fraction of sp³-hybridized carbons (Fsp3) is 0.577. The molecular weight excluding hydrogens is 462 g/mol. The third-order valence-corrected chi connectivity index (χ3v) is 7.04. The monoisotopic (exact) mass is 504 g/mol. The van der Waals surface area contributed by atoms with E-state index in [0.29, 0.717) is 23.7 Å². The Kier molecular flexibility index (Phi) is 10.7. The molecule has 36 heavy (non-hydrogen) atoms. The van der Waals surface area contributed by atoms with Crippen LogP contribution in [-0.4, -0.2) is 65.2 Å². The molecule has 9 N–H and O–H groups in total. The Morgan fingerprint density at radius 3 is 2.67 bits per heavy atom. The van der Waals surface area contributed by atoms with Gasteiger partial charge in [-0.2, -0.15) is 0 Å². The first-order valence-electron chi connectivity index (χ1n) is 12.8. The van der Waals surface area contributed by atoms with Gasteiger partial charge in [0.2, 0.25) is 0 Å². The van der Waals surface area contributed by atoms with E-state index in [1.54, 1.807) is 13.1 Å². The van der Waals surface area contributed by atoms with Gasteiger partial charge in [-0.3, -0.25) is 4.99 Å². The van der Waals surface area contributed by atoms with Gasteiger partial charge in [0.05, 0.1) is 0 Å². The molecule has 0 aromatic heterocycles. The van der Waals surface area contributed by atoms with E-state index in [2.05, 4.69) is 20.9 Å². The summed E-state index contributed by atoms with van der Waals surface area (Å²) in [6.45, 7) is 3.69. The van der Waals surface area contributed by atoms with Gasteiger partial charge in [-0.05, 0) is 81.1 Å². The van der Waals surface area contributed by atoms with Crippen molar-refractivity contribution in [2.75, 3.05) is 51.7 Å². The highest BCUT2D eigenvalue weighted by molar-refractivity contribution is 6.10. The molecular formula is C26H42F2N8. The topological polar surface area (TPSA) is 130 Å². The molecule has 1 aromatic rings. The first kappa shape index (κ1) is 28.0. The highest BCUT2D eigenvalue weighted by Gasteiger charge is 2.29. The molecule has 2 aliphatic heterocycles. The molecule has 2 heterocycles. The van der Waals surface area contributed by atoms with Crippen molar-refractivity contribution in [1.82, 2.24) is 16.0 Å². The average Bonchev–Trinajstić information content (AvgIpc) is 2.89. The Balaban J connectivity index is 2.02. The van der Waals surface area contributed by atoms with E-state index >= 15 is 0 Å². The van der Waals surface area contributed by atoms with Gasteiger partial charge in [-0.1, -0.05) is 0 Å². The van der Waals surface area contributed by atoms with Gasteiger partial charge in [-0.15, -0.1) is 0 Å². The van der Waals surface area contributed by atoms with Crippen LogP contribution in [0.1, 0.15) is 48.8 Å². The maximum atomic E-state index is 14.2. The Morgan fingerprint density at radius 2 is 2.06 bits per heavy atom. The van der Waals surface area contributed by atoms with E-state index in [-0.39, 0.29) is 12.1 Å². The van der Waals surface area contributed by atoms with E-state index in [1.807, 2.05) is 18.0 Å². The summed E-state index contributed by atoms with van der Waals surface area (Å²) in [6.07, 6.45) is 4.11. The van der Waals surface area contributed by atoms with Gasteiger partial charge in [-0.25, -0.2) is 8.78 Å². The lowest BCUT2D eigenvalue weighted by molar-refractivity contribution is 0.151. The standard InChI is InChI=1S/C26H42F2N8/c1-32-8-7-23(35-19-5-9-34-10-6-19)22(15-30)26(31)36-11-3-4-17-12-20(18(14-29)16-33-2)21(25(27)28)13-24(17)36/h12-14,16,19,25-26,32,34-35H,3-11,15,29-31H2,1-2H3/b18-14+,23-22-,33-16?. The first-order valence-corrected chi connectivity index (χ1v) is 12.8. The van der Waals surface area contributed by atoms with Crippen molar-refractivity contribution in [1.29, 1.82) is 0 Å². The Labute approximate surface area is 213 Å². The molecule has 0 radical (unpaired) electrons. The number of hydrogen-bond acceptors (Lipinski definition) is 8. The molecule has 3 rings (SSSR count). The molecule has 1 aromatic carbocycles. The number of aryl methyl sites for hydroxylation is 1. The van der Waals surface area contributed by atoms with Crippen LogP contribution in [0.2, 0.25) is 0 Å². The van der Waals surface area contributed by atoms with Crippen molar-refractivity contribution in [2.24, 2.45) is 22.2 Å². The summed E-state index contributed by atoms with van der Waals surface area (Å²) < 4.78 is 28.4. The lowest BCUT2D eigenvalue weighted by Gasteiger charge is -2.39. The number of nitrogens with zero attached hydrogens (tertiary/aromatic N) is 2. The summed E-state index contributed by atoms with van der Waals surface area (Å²) in [4.78, 5) is 6.01. The van der Waals surface area contributed by atoms with Crippen molar-refractivity contribution >= 4 is 17.5 Å². The molecule has 1 atom stereocenters. The minimum absolute atomic E-state index is 0.0778. The first-order chi connectivity index (χ1) is 17.4. The molecule has 2 aliphatic rings. The molecule has 0 amide bonds. The van der Waals surface area contributed by atoms with E-state index in [1.165, 1.54) is 12.4 Å². The third kappa shape index (κ3) is 6.61. The molecule has 10 heteroatoms. The second kappa shape index (κ2) is 13.7. The van der Waals surface area contributed by atoms with Crippen LogP contribution in [0.15, 0.2) is 34.6 Å². The minimum Gasteiger partial charge on any atom is -0.404 e. The molecule has 1 unspecified atom stereocenters. The van der Waals surface area contributed by atoms with Gasteiger partial charge in [0, 0.05) is 67.7 Å². The fourth-order valence-electron chi connectivity index (χ4n) is 5.14. The molecule has 8 nitrogen and oxygen atoms in total. The van der Waals surface area contributed by atoms with Crippen LogP contribution in [0, 0.1) is 0 Å². The number of hydrogen-bond donors (Lipinski definition) is 6. The van der Waals surface area contributed by atoms with Crippen molar-refractivity contribution < 1.29 is 8.78 Å². The average molecular weight is 505 g/mol. The number of rotatable bonds is 11. The molecule has 0 aliphatic carbocycles. The number of fused-ring (bicyclic) bond motifs is 1. The van der Waals surface area contributed by atoms with Crippen molar-refractivity contribution in [2.45, 2.75) is 50.7 Å². The predicted octanol–water partition coefficient (Wildman–Crippen LogP) is 1.83. The zero-order valence-corrected chi connectivity index (χ0v) is 21.5. The second-order valence-corrected chi connectivity index (χ2v) is 9.35. The van der Waals surface area contributed by atoms with Crippen molar-refractivity contribution in [3.05, 3.63) is 46.3 Å². The van der Waals surface area contributed by atoms with Crippen LogP contribution < -0.4 is 38.1 Å². The molecule has 1 fully saturated rings. The highest BCUT2D eigenvalue weighted by atomic mass is 19.3. The Hall–Kier alpha value is -2.53. The molecule has 1 saturated heterocycles. The smallest absolute Gasteiger partial charge is 0.264 e. The summed E-state index contributed by atoms with van der Waals surface area (Å²) in [5, 5.41) is 10.3. The van der Waals surface area contributed by atoms with Crippen molar-refractivity contribution in [3.8, 4) is 0 Å². The maximum absolute atomic E-state index is 14.2. The number of nitrogens with one attached hydrogen (secondary N) is 3. The van der Waals surface area contributed by atoms with Gasteiger partial charge in [0.15, 0.2) is 0 Å². The number of allylic oxidation sites excluding steroid dienone is 1. The summed E-state index contributed by atoms with van der Waals surface area (Å²) >= 11 is 0. The van der Waals surface area contributed by atoms with Crippen LogP contribution in [0.4, 0.5) is 14.5 Å². The van der Waals surface area contributed by atoms with Crippen LogP contribution in [0.5, 0.6) is 0 Å². The van der Waals surface area contributed by atoms with Crippen LogP contribution in [0.25, 0.3) is 5.57 Å². The fourth-order valence-corrected chi connectivity index (χ4v) is 5.14. The maximum Gasteiger partial charge on any atom is 0.264 e. The van der Waals surface area contributed by atoms with Crippen LogP contribution in [-0.2, 0) is 6.42 Å². The number of halogens is 2. The summed E-state index contributed by atoms with van der Waals surface area (Å²) in [6, 6.07) is 3.75. The van der Waals surface area contributed by atoms with E-state index in [0.717, 1.165) is 74.3 Å². The molecule has 0 spiro atoms. The normalized spacial score (nSPS) is 19.0. The number of aliphatic imine (C=N–C) groups is 1. The molecule has 200 valence electrons. The zero-order chi connectivity index (χ0) is 26.1. The van der Waals surface area contributed by atoms with E-state index in [9.17, 15) is 8.78 Å². The van der Waals surface area contributed by atoms with Crippen molar-refractivity contribution in [3.63, 3.8) is 0 Å². The number of anilines is 1. The predicted molar refractivity (Wildman–Crippen MR) is 145 cm³/mol. The van der Waals surface area contributed by atoms with E-state index < -0.39 is 12.6 Å². The summed E-state index contributed by atoms with van der Waals surface area (Å²) in [7, 11) is 3.51. The van der Waals surface area contributed by atoms with Gasteiger partial charge < -0.3 is 38.1 Å². The molecule has 0 bridgehead atoms. The van der Waals surface area contributed by atoms with Gasteiger partial charge >= 0.3 is 0 Å². The van der Waals surface area contributed by atoms with Crippen LogP contribution >= 0.6 is 0 Å². The highest BCUT2D eigenvalue weighted by Crippen LogP contribution is 2.38. The van der Waals surface area contributed by atoms with Gasteiger partial charge in [0.25, 0.3) is 6.43 Å². The Morgan fingerprint density at radius 1 is 1.31 bits per heavy atom. The summed E-state index contributed by atoms with van der Waals surface area (Å²) in [5.74, 6) is 0. The lowest BCUT2D eigenvalue weighted by Crippen LogP contribution is -2.49.